The Morgan fingerprint density at radius 3 is 3.10 bits per heavy atom. The molecule has 0 aliphatic heterocycles. The van der Waals surface area contributed by atoms with Gasteiger partial charge in [0.15, 0.2) is 0 Å². The fourth-order valence-corrected chi connectivity index (χ4v) is 1.64. The molecule has 0 amide bonds. The summed E-state index contributed by atoms with van der Waals surface area (Å²) in [6, 6.07) is 5.29. The number of aromatic amines is 1. The molecule has 0 saturated heterocycles. The quantitative estimate of drug-likeness (QED) is 0.646. The van der Waals surface area contributed by atoms with Crippen LogP contribution in [0.25, 0.3) is 0 Å². The Bertz CT molecular complexity index is 671. The lowest BCUT2D eigenvalue weighted by atomic mass is 10.2. The van der Waals surface area contributed by atoms with Crippen molar-refractivity contribution < 1.29 is 4.74 Å². The Hall–Kier alpha value is -2.41. The Morgan fingerprint density at radius 2 is 2.40 bits per heavy atom. The third-order valence-corrected chi connectivity index (χ3v) is 2.51. The first-order valence-corrected chi connectivity index (χ1v) is 6.20. The molecular formula is C12H12ClN5O2. The number of aromatic nitrogens is 3. The molecule has 2 aromatic rings. The molecule has 8 heteroatoms. The number of hydrogen-bond donors (Lipinski definition) is 2. The van der Waals surface area contributed by atoms with Gasteiger partial charge in [0.25, 0.3) is 5.56 Å². The van der Waals surface area contributed by atoms with E-state index >= 15 is 0 Å². The van der Waals surface area contributed by atoms with Crippen LogP contribution in [0.5, 0.6) is 5.75 Å². The topological polar surface area (TPSA) is 92.3 Å². The molecule has 0 saturated carbocycles. The van der Waals surface area contributed by atoms with Crippen LogP contribution in [0.2, 0.25) is 5.02 Å². The van der Waals surface area contributed by atoms with Gasteiger partial charge < -0.3 is 4.74 Å². The van der Waals surface area contributed by atoms with E-state index in [-0.39, 0.29) is 11.5 Å². The molecule has 0 atom stereocenters. The Balaban J connectivity index is 2.04. The van der Waals surface area contributed by atoms with Crippen molar-refractivity contribution in [2.24, 2.45) is 5.10 Å². The zero-order valence-electron chi connectivity index (χ0n) is 10.6. The number of ether oxygens (including phenoxy) is 1. The second kappa shape index (κ2) is 6.67. The highest BCUT2D eigenvalue weighted by atomic mass is 35.5. The van der Waals surface area contributed by atoms with Gasteiger partial charge >= 0.3 is 0 Å². The van der Waals surface area contributed by atoms with Crippen LogP contribution in [-0.4, -0.2) is 28.0 Å². The zero-order valence-corrected chi connectivity index (χ0v) is 11.4. The molecule has 104 valence electrons. The minimum atomic E-state index is -0.359. The number of H-pyrrole nitrogens is 1. The van der Waals surface area contributed by atoms with E-state index in [2.05, 4.69) is 25.7 Å². The van der Waals surface area contributed by atoms with Crippen LogP contribution in [0.4, 0.5) is 5.95 Å². The number of hydrazone groups is 1. The third-order valence-electron chi connectivity index (χ3n) is 2.21. The van der Waals surface area contributed by atoms with E-state index < -0.39 is 0 Å². The number of halogens is 1. The first-order chi connectivity index (χ1) is 9.69. The van der Waals surface area contributed by atoms with E-state index in [0.717, 1.165) is 11.8 Å². The molecule has 2 rings (SSSR count). The smallest absolute Gasteiger partial charge is 0.271 e. The van der Waals surface area contributed by atoms with Crippen LogP contribution >= 0.6 is 11.6 Å². The highest BCUT2D eigenvalue weighted by molar-refractivity contribution is 6.32. The van der Waals surface area contributed by atoms with E-state index in [4.69, 9.17) is 16.3 Å². The molecule has 0 unspecified atom stereocenters. The lowest BCUT2D eigenvalue weighted by Gasteiger charge is -2.05. The van der Waals surface area contributed by atoms with Gasteiger partial charge in [0.2, 0.25) is 5.95 Å². The highest BCUT2D eigenvalue weighted by Crippen LogP contribution is 2.24. The van der Waals surface area contributed by atoms with E-state index in [9.17, 15) is 4.79 Å². The van der Waals surface area contributed by atoms with Crippen molar-refractivity contribution in [2.45, 2.75) is 6.92 Å². The molecule has 0 fully saturated rings. The monoisotopic (exact) mass is 293 g/mol. The summed E-state index contributed by atoms with van der Waals surface area (Å²) < 4.78 is 5.33. The number of anilines is 1. The second-order valence-electron chi connectivity index (χ2n) is 3.68. The average Bonchev–Trinajstić information content (AvgIpc) is 2.42. The fourth-order valence-electron chi connectivity index (χ4n) is 1.40. The van der Waals surface area contributed by atoms with Crippen LogP contribution in [0.15, 0.2) is 34.3 Å². The summed E-state index contributed by atoms with van der Waals surface area (Å²) in [5, 5.41) is 11.6. The summed E-state index contributed by atoms with van der Waals surface area (Å²) in [5.74, 6) is 0.781. The van der Waals surface area contributed by atoms with Gasteiger partial charge in [-0.2, -0.15) is 5.10 Å². The molecule has 0 bridgehead atoms. The predicted molar refractivity (Wildman–Crippen MR) is 76.5 cm³/mol. The molecule has 1 heterocycles. The van der Waals surface area contributed by atoms with Crippen molar-refractivity contribution in [3.05, 3.63) is 45.3 Å². The van der Waals surface area contributed by atoms with Gasteiger partial charge in [0.1, 0.15) is 11.9 Å². The van der Waals surface area contributed by atoms with E-state index in [0.29, 0.717) is 17.4 Å². The van der Waals surface area contributed by atoms with Gasteiger partial charge in [-0.3, -0.25) is 9.78 Å². The van der Waals surface area contributed by atoms with Crippen molar-refractivity contribution in [3.8, 4) is 5.75 Å². The Kier molecular flexibility index (Phi) is 4.67. The maximum absolute atomic E-state index is 11.0. The molecular weight excluding hydrogens is 282 g/mol. The number of rotatable bonds is 5. The Labute approximate surface area is 119 Å². The molecule has 1 aromatic heterocycles. The van der Waals surface area contributed by atoms with Gasteiger partial charge in [-0.15, -0.1) is 10.2 Å². The first-order valence-electron chi connectivity index (χ1n) is 5.82. The summed E-state index contributed by atoms with van der Waals surface area (Å²) in [4.78, 5) is 13.4. The van der Waals surface area contributed by atoms with Crippen molar-refractivity contribution in [3.63, 3.8) is 0 Å². The molecule has 0 aliphatic carbocycles. The lowest BCUT2D eigenvalue weighted by Crippen LogP contribution is -2.10. The average molecular weight is 294 g/mol. The van der Waals surface area contributed by atoms with E-state index in [1.807, 2.05) is 13.0 Å². The summed E-state index contributed by atoms with van der Waals surface area (Å²) in [6.45, 7) is 2.44. The standard InChI is InChI=1S/C12H12ClN5O2/c1-2-20-10-4-3-8(5-9(10)13)6-14-17-12-16-11(19)7-15-18-12/h3-7H,2H2,1H3,(H2,16,17,18,19)/b14-6+. The number of nitrogens with zero attached hydrogens (tertiary/aromatic N) is 3. The number of nitrogens with one attached hydrogen (secondary N) is 2. The van der Waals surface area contributed by atoms with Crippen molar-refractivity contribution >= 4 is 23.8 Å². The maximum Gasteiger partial charge on any atom is 0.271 e. The Morgan fingerprint density at radius 1 is 1.55 bits per heavy atom. The summed E-state index contributed by atoms with van der Waals surface area (Å²) in [7, 11) is 0. The van der Waals surface area contributed by atoms with Crippen LogP contribution < -0.4 is 15.7 Å². The zero-order chi connectivity index (χ0) is 14.4. The molecule has 0 aliphatic rings. The molecule has 7 nitrogen and oxygen atoms in total. The molecule has 0 spiro atoms. The summed E-state index contributed by atoms with van der Waals surface area (Å²) >= 11 is 6.05. The SMILES string of the molecule is CCOc1ccc(/C=N/Nc2nncc(=O)[nH]2)cc1Cl. The second-order valence-corrected chi connectivity index (χ2v) is 4.08. The number of benzene rings is 1. The lowest BCUT2D eigenvalue weighted by molar-refractivity contribution is 0.340. The van der Waals surface area contributed by atoms with Gasteiger partial charge in [-0.05, 0) is 30.7 Å². The minimum Gasteiger partial charge on any atom is -0.492 e. The molecule has 1 aromatic carbocycles. The molecule has 0 radical (unpaired) electrons. The van der Waals surface area contributed by atoms with Gasteiger partial charge in [0, 0.05) is 0 Å². The maximum atomic E-state index is 11.0. The van der Waals surface area contributed by atoms with Crippen LogP contribution in [-0.2, 0) is 0 Å². The van der Waals surface area contributed by atoms with E-state index in [1.165, 1.54) is 6.21 Å². The van der Waals surface area contributed by atoms with Crippen molar-refractivity contribution in [1.29, 1.82) is 0 Å². The van der Waals surface area contributed by atoms with Crippen LogP contribution in [0.1, 0.15) is 12.5 Å². The fraction of sp³-hybridized carbons (Fsp3) is 0.167. The molecule has 20 heavy (non-hydrogen) atoms. The van der Waals surface area contributed by atoms with Crippen molar-refractivity contribution in [2.75, 3.05) is 12.0 Å². The third kappa shape index (κ3) is 3.79. The van der Waals surface area contributed by atoms with Gasteiger partial charge in [-0.25, -0.2) is 5.43 Å². The predicted octanol–water partition coefficient (Wildman–Crippen LogP) is 1.66. The van der Waals surface area contributed by atoms with Crippen molar-refractivity contribution in [1.82, 2.24) is 15.2 Å². The molecule has 2 N–H and O–H groups in total. The summed E-state index contributed by atoms with van der Waals surface area (Å²) in [5.41, 5.74) is 2.97. The number of hydrogen-bond acceptors (Lipinski definition) is 6. The summed E-state index contributed by atoms with van der Waals surface area (Å²) in [6.07, 6.45) is 2.61. The van der Waals surface area contributed by atoms with Crippen LogP contribution in [0.3, 0.4) is 0 Å². The largest absolute Gasteiger partial charge is 0.492 e. The highest BCUT2D eigenvalue weighted by Gasteiger charge is 2.01. The van der Waals surface area contributed by atoms with Gasteiger partial charge in [0.05, 0.1) is 17.8 Å². The van der Waals surface area contributed by atoms with Crippen LogP contribution in [0, 0.1) is 0 Å². The first kappa shape index (κ1) is 14.0. The van der Waals surface area contributed by atoms with Gasteiger partial charge in [-0.1, -0.05) is 11.6 Å². The minimum absolute atomic E-state index is 0.158. The normalized spacial score (nSPS) is 10.7. The van der Waals surface area contributed by atoms with E-state index in [1.54, 1.807) is 12.1 Å².